The summed E-state index contributed by atoms with van der Waals surface area (Å²) in [4.78, 5) is 25.1. The number of carbonyl (C=O) groups excluding carboxylic acids is 1. The van der Waals surface area contributed by atoms with Crippen molar-refractivity contribution in [1.82, 2.24) is 14.9 Å². The number of nitro benzene ring substituents is 1. The molecule has 0 radical (unpaired) electrons. The van der Waals surface area contributed by atoms with E-state index in [1.165, 1.54) is 22.5 Å². The highest BCUT2D eigenvalue weighted by atomic mass is 32.2. The van der Waals surface area contributed by atoms with Crippen molar-refractivity contribution < 1.29 is 9.72 Å². The molecule has 1 aromatic heterocycles. The molecule has 1 aliphatic heterocycles. The molecule has 0 spiro atoms. The number of nitrogen functional groups attached to an aromatic ring is 1. The second-order valence-electron chi connectivity index (χ2n) is 7.05. The van der Waals surface area contributed by atoms with Crippen LogP contribution in [0.5, 0.6) is 0 Å². The number of rotatable bonds is 5. The van der Waals surface area contributed by atoms with Crippen molar-refractivity contribution in [3.05, 3.63) is 63.7 Å². The lowest BCUT2D eigenvalue weighted by Crippen LogP contribution is -2.36. The Balaban J connectivity index is 1.47. The predicted molar refractivity (Wildman–Crippen MR) is 115 cm³/mol. The monoisotopic (exact) mass is 424 g/mol. The summed E-state index contributed by atoms with van der Waals surface area (Å²) in [6.07, 6.45) is 1.47. The van der Waals surface area contributed by atoms with E-state index in [9.17, 15) is 14.9 Å². The Morgan fingerprint density at radius 1 is 1.23 bits per heavy atom. The Kier molecular flexibility index (Phi) is 5.40. The highest BCUT2D eigenvalue weighted by molar-refractivity contribution is 7.99. The topological polar surface area (TPSA) is 120 Å². The Morgan fingerprint density at radius 2 is 2.00 bits per heavy atom. The largest absolute Gasteiger partial charge is 0.335 e. The standard InChI is InChI=1S/C20H20N6O3S/c1-13-4-6-14(7-5-13)19-22-23-20(25(19)21)30-12-18(27)24-10-2-3-15-11-16(26(28)29)8-9-17(15)24/h4-9,11H,2-3,10,12,21H2,1H3. The molecule has 1 amide bonds. The second-order valence-corrected chi connectivity index (χ2v) is 7.99. The van der Waals surface area contributed by atoms with Crippen LogP contribution in [-0.4, -0.2) is 38.0 Å². The molecule has 0 unspecified atom stereocenters. The number of hydrogen-bond donors (Lipinski definition) is 1. The number of non-ortho nitro benzene ring substituents is 1. The van der Waals surface area contributed by atoms with Crippen molar-refractivity contribution in [3.63, 3.8) is 0 Å². The molecule has 154 valence electrons. The summed E-state index contributed by atoms with van der Waals surface area (Å²) in [6.45, 7) is 2.58. The number of hydrogen-bond acceptors (Lipinski definition) is 7. The van der Waals surface area contributed by atoms with Crippen LogP contribution < -0.4 is 10.7 Å². The van der Waals surface area contributed by atoms with Crippen LogP contribution in [0.15, 0.2) is 47.6 Å². The molecule has 0 saturated heterocycles. The van der Waals surface area contributed by atoms with Crippen molar-refractivity contribution >= 4 is 29.0 Å². The number of nitro groups is 1. The van der Waals surface area contributed by atoms with Crippen molar-refractivity contribution in [1.29, 1.82) is 0 Å². The van der Waals surface area contributed by atoms with E-state index in [4.69, 9.17) is 5.84 Å². The van der Waals surface area contributed by atoms with Gasteiger partial charge in [0.05, 0.1) is 10.7 Å². The zero-order chi connectivity index (χ0) is 21.3. The summed E-state index contributed by atoms with van der Waals surface area (Å²) < 4.78 is 1.39. The summed E-state index contributed by atoms with van der Waals surface area (Å²) in [5, 5.41) is 19.7. The van der Waals surface area contributed by atoms with Gasteiger partial charge in [-0.25, -0.2) is 4.68 Å². The Hall–Kier alpha value is -3.40. The molecule has 4 rings (SSSR count). The van der Waals surface area contributed by atoms with E-state index in [0.29, 0.717) is 23.9 Å². The average molecular weight is 424 g/mol. The van der Waals surface area contributed by atoms with Gasteiger partial charge in [-0.05, 0) is 31.4 Å². The first-order valence-electron chi connectivity index (χ1n) is 9.42. The molecule has 0 saturated carbocycles. The van der Waals surface area contributed by atoms with Gasteiger partial charge in [0.25, 0.3) is 5.69 Å². The fourth-order valence-corrected chi connectivity index (χ4v) is 4.17. The minimum atomic E-state index is -0.420. The number of benzene rings is 2. The summed E-state index contributed by atoms with van der Waals surface area (Å²) >= 11 is 1.22. The maximum absolute atomic E-state index is 12.9. The lowest BCUT2D eigenvalue weighted by Gasteiger charge is -2.29. The Morgan fingerprint density at radius 3 is 2.73 bits per heavy atom. The highest BCUT2D eigenvalue weighted by Gasteiger charge is 2.25. The van der Waals surface area contributed by atoms with Crippen molar-refractivity contribution in [2.45, 2.75) is 24.9 Å². The fraction of sp³-hybridized carbons (Fsp3) is 0.250. The summed E-state index contributed by atoms with van der Waals surface area (Å²) in [5.74, 6) is 6.71. The van der Waals surface area contributed by atoms with Gasteiger partial charge in [0.15, 0.2) is 5.82 Å². The predicted octanol–water partition coefficient (Wildman–Crippen LogP) is 2.95. The number of nitrogens with two attached hydrogens (primary N) is 1. The number of aryl methyl sites for hydroxylation is 2. The van der Waals surface area contributed by atoms with Gasteiger partial charge in [-0.15, -0.1) is 10.2 Å². The lowest BCUT2D eigenvalue weighted by molar-refractivity contribution is -0.384. The zero-order valence-corrected chi connectivity index (χ0v) is 17.1. The van der Waals surface area contributed by atoms with Gasteiger partial charge in [0.1, 0.15) is 0 Å². The second kappa shape index (κ2) is 8.15. The number of aromatic nitrogens is 3. The van der Waals surface area contributed by atoms with Crippen molar-refractivity contribution in [2.75, 3.05) is 23.0 Å². The minimum absolute atomic E-state index is 0.0392. The van der Waals surface area contributed by atoms with Crippen LogP contribution in [0, 0.1) is 17.0 Å². The van der Waals surface area contributed by atoms with E-state index >= 15 is 0 Å². The Bertz CT molecular complexity index is 1110. The number of fused-ring (bicyclic) bond motifs is 1. The van der Waals surface area contributed by atoms with Gasteiger partial charge >= 0.3 is 0 Å². The first-order valence-corrected chi connectivity index (χ1v) is 10.4. The van der Waals surface area contributed by atoms with Crippen LogP contribution >= 0.6 is 11.8 Å². The fourth-order valence-electron chi connectivity index (χ4n) is 3.44. The molecule has 0 aliphatic carbocycles. The van der Waals surface area contributed by atoms with Crippen LogP contribution in [0.25, 0.3) is 11.4 Å². The third-order valence-electron chi connectivity index (χ3n) is 4.99. The van der Waals surface area contributed by atoms with Crippen molar-refractivity contribution in [3.8, 4) is 11.4 Å². The molecule has 0 bridgehead atoms. The van der Waals surface area contributed by atoms with Gasteiger partial charge in [-0.2, -0.15) is 0 Å². The molecule has 0 fully saturated rings. The SMILES string of the molecule is Cc1ccc(-c2nnc(SCC(=O)N3CCCc4cc([N+](=O)[O-])ccc43)n2N)cc1. The maximum atomic E-state index is 12.9. The number of thioether (sulfide) groups is 1. The highest BCUT2D eigenvalue weighted by Crippen LogP contribution is 2.31. The number of amides is 1. The zero-order valence-electron chi connectivity index (χ0n) is 16.3. The van der Waals surface area contributed by atoms with E-state index in [1.807, 2.05) is 31.2 Å². The third-order valence-corrected chi connectivity index (χ3v) is 5.92. The van der Waals surface area contributed by atoms with Crippen LogP contribution in [0.4, 0.5) is 11.4 Å². The van der Waals surface area contributed by atoms with Gasteiger partial charge in [-0.1, -0.05) is 41.6 Å². The molecular weight excluding hydrogens is 404 g/mol. The molecule has 2 aromatic carbocycles. The quantitative estimate of drug-likeness (QED) is 0.289. The summed E-state index contributed by atoms with van der Waals surface area (Å²) in [6, 6.07) is 12.4. The third kappa shape index (κ3) is 3.86. The lowest BCUT2D eigenvalue weighted by atomic mass is 10.0. The number of nitrogens with zero attached hydrogens (tertiary/aromatic N) is 5. The normalized spacial score (nSPS) is 13.2. The van der Waals surface area contributed by atoms with Gasteiger partial charge in [-0.3, -0.25) is 14.9 Å². The summed E-state index contributed by atoms with van der Waals surface area (Å²) in [7, 11) is 0. The molecule has 1 aliphatic rings. The van der Waals surface area contributed by atoms with E-state index in [2.05, 4.69) is 10.2 Å². The minimum Gasteiger partial charge on any atom is -0.335 e. The van der Waals surface area contributed by atoms with Crippen LogP contribution in [0.1, 0.15) is 17.5 Å². The van der Waals surface area contributed by atoms with Crippen LogP contribution in [0.3, 0.4) is 0 Å². The average Bonchev–Trinajstić information content (AvgIpc) is 3.12. The molecule has 3 aromatic rings. The smallest absolute Gasteiger partial charge is 0.269 e. The molecule has 9 nitrogen and oxygen atoms in total. The molecule has 30 heavy (non-hydrogen) atoms. The summed E-state index contributed by atoms with van der Waals surface area (Å²) in [5.41, 5.74) is 3.57. The molecule has 2 N–H and O–H groups in total. The van der Waals surface area contributed by atoms with Gasteiger partial charge in [0.2, 0.25) is 11.1 Å². The first kappa shape index (κ1) is 19.9. The van der Waals surface area contributed by atoms with Crippen molar-refractivity contribution in [2.24, 2.45) is 0 Å². The number of anilines is 1. The number of carbonyl (C=O) groups is 1. The van der Waals surface area contributed by atoms with E-state index in [-0.39, 0.29) is 17.3 Å². The van der Waals surface area contributed by atoms with E-state index in [1.54, 1.807) is 17.0 Å². The maximum Gasteiger partial charge on any atom is 0.269 e. The van der Waals surface area contributed by atoms with Crippen LogP contribution in [-0.2, 0) is 11.2 Å². The van der Waals surface area contributed by atoms with Gasteiger partial charge in [0, 0.05) is 29.9 Å². The first-order chi connectivity index (χ1) is 14.4. The molecule has 0 atom stereocenters. The van der Waals surface area contributed by atoms with E-state index < -0.39 is 4.92 Å². The Labute approximate surface area is 177 Å². The molecular formula is C20H20N6O3S. The van der Waals surface area contributed by atoms with E-state index in [0.717, 1.165) is 28.8 Å². The van der Waals surface area contributed by atoms with Crippen LogP contribution in [0.2, 0.25) is 0 Å². The molecule has 10 heteroatoms. The van der Waals surface area contributed by atoms with Gasteiger partial charge < -0.3 is 10.7 Å². The molecule has 2 heterocycles.